The van der Waals surface area contributed by atoms with Crippen LogP contribution in [0.1, 0.15) is 28.0 Å². The molecular formula is C10H8F2N2O3. The Bertz CT molecular complexity index is 483. The lowest BCUT2D eigenvalue weighted by Gasteiger charge is -2.11. The molecule has 0 saturated carbocycles. The summed E-state index contributed by atoms with van der Waals surface area (Å²) in [6.07, 6.45) is -2.03. The first-order valence-corrected chi connectivity index (χ1v) is 4.40. The van der Waals surface area contributed by atoms with Crippen molar-refractivity contribution in [2.75, 3.05) is 14.2 Å². The summed E-state index contributed by atoms with van der Waals surface area (Å²) < 4.78 is 34.4. The Morgan fingerprint density at radius 1 is 1.53 bits per heavy atom. The van der Waals surface area contributed by atoms with Gasteiger partial charge in [0.1, 0.15) is 17.3 Å². The summed E-state index contributed by atoms with van der Waals surface area (Å²) in [6.45, 7) is 0. The zero-order chi connectivity index (χ0) is 13.0. The summed E-state index contributed by atoms with van der Waals surface area (Å²) >= 11 is 0. The molecule has 0 atom stereocenters. The van der Waals surface area contributed by atoms with E-state index >= 15 is 0 Å². The zero-order valence-corrected chi connectivity index (χ0v) is 9.03. The number of aromatic nitrogens is 1. The van der Waals surface area contributed by atoms with Gasteiger partial charge in [0.25, 0.3) is 6.43 Å². The van der Waals surface area contributed by atoms with Gasteiger partial charge in [-0.2, -0.15) is 5.26 Å². The molecule has 0 aliphatic carbocycles. The predicted octanol–water partition coefficient (Wildman–Crippen LogP) is 1.69. The minimum absolute atomic E-state index is 0.182. The average Bonchev–Trinajstić information content (AvgIpc) is 2.35. The van der Waals surface area contributed by atoms with Gasteiger partial charge in [-0.05, 0) is 0 Å². The molecule has 1 aromatic heterocycles. The summed E-state index contributed by atoms with van der Waals surface area (Å²) in [7, 11) is 2.18. The monoisotopic (exact) mass is 242 g/mol. The second kappa shape index (κ2) is 5.21. The van der Waals surface area contributed by atoms with Gasteiger partial charge >= 0.3 is 5.97 Å². The number of hydrogen-bond donors (Lipinski definition) is 0. The Morgan fingerprint density at radius 2 is 2.18 bits per heavy atom. The Kier molecular flexibility index (Phi) is 3.93. The van der Waals surface area contributed by atoms with Crippen LogP contribution in [-0.2, 0) is 4.74 Å². The van der Waals surface area contributed by atoms with Crippen molar-refractivity contribution in [2.45, 2.75) is 6.43 Å². The Hall–Kier alpha value is -2.23. The maximum Gasteiger partial charge on any atom is 0.343 e. The van der Waals surface area contributed by atoms with Crippen molar-refractivity contribution < 1.29 is 23.0 Å². The van der Waals surface area contributed by atoms with Gasteiger partial charge in [-0.3, -0.25) is 0 Å². The van der Waals surface area contributed by atoms with Gasteiger partial charge in [0.2, 0.25) is 0 Å². The second-order valence-corrected chi connectivity index (χ2v) is 2.87. The quantitative estimate of drug-likeness (QED) is 0.754. The molecule has 0 N–H and O–H groups in total. The third-order valence-electron chi connectivity index (χ3n) is 1.98. The van der Waals surface area contributed by atoms with E-state index in [2.05, 4.69) is 9.72 Å². The number of alkyl halides is 2. The molecular weight excluding hydrogens is 234 g/mol. The molecule has 0 spiro atoms. The van der Waals surface area contributed by atoms with E-state index in [-0.39, 0.29) is 11.1 Å². The molecule has 0 bridgehead atoms. The Morgan fingerprint density at radius 3 is 2.59 bits per heavy atom. The maximum absolute atomic E-state index is 12.6. The highest BCUT2D eigenvalue weighted by molar-refractivity contribution is 5.95. The fourth-order valence-electron chi connectivity index (χ4n) is 1.26. The molecule has 0 fully saturated rings. The van der Waals surface area contributed by atoms with Gasteiger partial charge < -0.3 is 9.47 Å². The molecule has 90 valence electrons. The van der Waals surface area contributed by atoms with Crippen LogP contribution in [0, 0.1) is 11.3 Å². The van der Waals surface area contributed by atoms with Crippen LogP contribution in [0.3, 0.4) is 0 Å². The minimum Gasteiger partial charge on any atom is -0.494 e. The lowest BCUT2D eigenvalue weighted by molar-refractivity contribution is 0.0595. The van der Waals surface area contributed by atoms with Crippen molar-refractivity contribution in [1.82, 2.24) is 4.98 Å². The van der Waals surface area contributed by atoms with E-state index in [0.717, 1.165) is 20.4 Å². The van der Waals surface area contributed by atoms with Crippen LogP contribution < -0.4 is 4.74 Å². The summed E-state index contributed by atoms with van der Waals surface area (Å²) in [5, 5.41) is 8.77. The summed E-state index contributed by atoms with van der Waals surface area (Å²) in [5.74, 6) is -1.37. The topological polar surface area (TPSA) is 72.2 Å². The van der Waals surface area contributed by atoms with E-state index in [4.69, 9.17) is 10.00 Å². The average molecular weight is 242 g/mol. The maximum atomic E-state index is 12.6. The van der Waals surface area contributed by atoms with Crippen molar-refractivity contribution in [3.8, 4) is 11.8 Å². The van der Waals surface area contributed by atoms with Gasteiger partial charge in [-0.15, -0.1) is 0 Å². The van der Waals surface area contributed by atoms with Gasteiger partial charge in [0, 0.05) is 6.20 Å². The highest BCUT2D eigenvalue weighted by Crippen LogP contribution is 2.32. The number of methoxy groups -OCH3 is 2. The first kappa shape index (κ1) is 12.8. The van der Waals surface area contributed by atoms with Crippen LogP contribution in [0.4, 0.5) is 8.78 Å². The summed E-state index contributed by atoms with van der Waals surface area (Å²) in [5.41, 5.74) is -1.23. The molecule has 0 saturated heterocycles. The normalized spacial score (nSPS) is 9.88. The number of hydrogen-bond acceptors (Lipinski definition) is 5. The van der Waals surface area contributed by atoms with Crippen LogP contribution in [0.5, 0.6) is 5.75 Å². The van der Waals surface area contributed by atoms with E-state index in [1.165, 1.54) is 0 Å². The molecule has 0 aromatic carbocycles. The lowest BCUT2D eigenvalue weighted by Crippen LogP contribution is -2.10. The highest BCUT2D eigenvalue weighted by Gasteiger charge is 2.26. The first-order valence-electron chi connectivity index (χ1n) is 4.40. The van der Waals surface area contributed by atoms with Gasteiger partial charge in [-0.1, -0.05) is 0 Å². The summed E-state index contributed by atoms with van der Waals surface area (Å²) in [4.78, 5) is 14.8. The molecule has 0 radical (unpaired) electrons. The molecule has 1 aromatic rings. The number of nitriles is 1. The predicted molar refractivity (Wildman–Crippen MR) is 51.8 cm³/mol. The molecule has 0 unspecified atom stereocenters. The minimum atomic E-state index is -2.92. The molecule has 5 nitrogen and oxygen atoms in total. The number of ether oxygens (including phenoxy) is 2. The molecule has 1 heterocycles. The first-order chi connectivity index (χ1) is 8.06. The lowest BCUT2D eigenvalue weighted by atomic mass is 10.1. The van der Waals surface area contributed by atoms with Crippen molar-refractivity contribution in [1.29, 1.82) is 5.26 Å². The number of esters is 1. The van der Waals surface area contributed by atoms with Gasteiger partial charge in [0.05, 0.1) is 19.8 Å². The van der Waals surface area contributed by atoms with Crippen LogP contribution >= 0.6 is 0 Å². The van der Waals surface area contributed by atoms with Gasteiger partial charge in [-0.25, -0.2) is 18.6 Å². The fraction of sp³-hybridized carbons (Fsp3) is 0.300. The molecule has 0 amide bonds. The number of nitrogens with zero attached hydrogens (tertiary/aromatic N) is 2. The molecule has 0 aliphatic rings. The number of pyridine rings is 1. The fourth-order valence-corrected chi connectivity index (χ4v) is 1.26. The molecule has 7 heteroatoms. The Labute approximate surface area is 95.6 Å². The van der Waals surface area contributed by atoms with Crippen molar-refractivity contribution in [2.24, 2.45) is 0 Å². The number of rotatable bonds is 3. The third kappa shape index (κ3) is 2.30. The second-order valence-electron chi connectivity index (χ2n) is 2.87. The van der Waals surface area contributed by atoms with E-state index < -0.39 is 23.8 Å². The standard InChI is InChI=1S/C10H8F2N2O3/c1-16-8-6(10(15)17-2)5(3-13)4-14-7(8)9(11)12/h4,9H,1-2H3. The number of carbonyl (C=O) groups is 1. The van der Waals surface area contributed by atoms with Crippen LogP contribution in [0.25, 0.3) is 0 Å². The van der Waals surface area contributed by atoms with E-state index in [0.29, 0.717) is 0 Å². The molecule has 17 heavy (non-hydrogen) atoms. The molecule has 0 aliphatic heterocycles. The highest BCUT2D eigenvalue weighted by atomic mass is 19.3. The van der Waals surface area contributed by atoms with Crippen LogP contribution in [0.2, 0.25) is 0 Å². The third-order valence-corrected chi connectivity index (χ3v) is 1.98. The summed E-state index contributed by atoms with van der Waals surface area (Å²) in [6, 6.07) is 1.66. The van der Waals surface area contributed by atoms with Gasteiger partial charge in [0.15, 0.2) is 5.75 Å². The van der Waals surface area contributed by atoms with E-state index in [1.807, 2.05) is 0 Å². The molecule has 1 rings (SSSR count). The van der Waals surface area contributed by atoms with Crippen molar-refractivity contribution in [3.05, 3.63) is 23.0 Å². The van der Waals surface area contributed by atoms with Crippen LogP contribution in [-0.4, -0.2) is 25.2 Å². The van der Waals surface area contributed by atoms with E-state index in [9.17, 15) is 13.6 Å². The zero-order valence-electron chi connectivity index (χ0n) is 9.03. The Balaban J connectivity index is 3.56. The van der Waals surface area contributed by atoms with Crippen LogP contribution in [0.15, 0.2) is 6.20 Å². The number of halogens is 2. The number of carbonyl (C=O) groups excluding carboxylic acids is 1. The van der Waals surface area contributed by atoms with Crippen molar-refractivity contribution in [3.63, 3.8) is 0 Å². The SMILES string of the molecule is COC(=O)c1c(C#N)cnc(C(F)F)c1OC. The van der Waals surface area contributed by atoms with Crippen molar-refractivity contribution >= 4 is 5.97 Å². The largest absolute Gasteiger partial charge is 0.494 e. The van der Waals surface area contributed by atoms with E-state index in [1.54, 1.807) is 6.07 Å². The smallest absolute Gasteiger partial charge is 0.343 e.